The first-order valence-electron chi connectivity index (χ1n) is 6.10. The second kappa shape index (κ2) is 5.21. The van der Waals surface area contributed by atoms with Crippen molar-refractivity contribution < 1.29 is 8.78 Å². The normalized spacial score (nSPS) is 10.7. The third kappa shape index (κ3) is 2.42. The minimum Gasteiger partial charge on any atom is -0.365 e. The Bertz CT molecular complexity index is 745. The molecule has 3 rings (SSSR count). The third-order valence-corrected chi connectivity index (χ3v) is 2.96. The van der Waals surface area contributed by atoms with Gasteiger partial charge >= 0.3 is 0 Å². The molecule has 0 fully saturated rings. The second-order valence-electron chi connectivity index (χ2n) is 4.36. The van der Waals surface area contributed by atoms with E-state index >= 15 is 0 Å². The molecule has 3 nitrogen and oxygen atoms in total. The van der Waals surface area contributed by atoms with Crippen LogP contribution in [-0.4, -0.2) is 9.97 Å². The molecule has 1 aromatic carbocycles. The molecule has 2 heterocycles. The van der Waals surface area contributed by atoms with Gasteiger partial charge in [0.15, 0.2) is 0 Å². The van der Waals surface area contributed by atoms with Gasteiger partial charge < -0.3 is 5.32 Å². The van der Waals surface area contributed by atoms with E-state index in [-0.39, 0.29) is 5.39 Å². The van der Waals surface area contributed by atoms with E-state index in [0.29, 0.717) is 17.7 Å². The molecule has 0 atom stereocenters. The van der Waals surface area contributed by atoms with Crippen LogP contribution >= 0.6 is 0 Å². The average molecular weight is 271 g/mol. The molecule has 0 bridgehead atoms. The fourth-order valence-electron chi connectivity index (χ4n) is 2.05. The largest absolute Gasteiger partial charge is 0.365 e. The van der Waals surface area contributed by atoms with Gasteiger partial charge in [-0.2, -0.15) is 0 Å². The van der Waals surface area contributed by atoms with Crippen LogP contribution in [0.4, 0.5) is 14.6 Å². The number of anilines is 1. The van der Waals surface area contributed by atoms with Crippen LogP contribution in [0, 0.1) is 11.6 Å². The summed E-state index contributed by atoms with van der Waals surface area (Å²) in [5, 5.41) is 3.82. The first-order chi connectivity index (χ1) is 9.74. The summed E-state index contributed by atoms with van der Waals surface area (Å²) in [6.45, 7) is 0.469. The SMILES string of the molecule is Fc1cc(F)c2c(NCc3cccnc3)nccc2c1. The molecule has 0 saturated carbocycles. The molecule has 0 spiro atoms. The highest BCUT2D eigenvalue weighted by Gasteiger charge is 2.09. The molecular formula is C15H11F2N3. The quantitative estimate of drug-likeness (QED) is 0.792. The number of aromatic nitrogens is 2. The van der Waals surface area contributed by atoms with E-state index in [9.17, 15) is 8.78 Å². The van der Waals surface area contributed by atoms with E-state index < -0.39 is 11.6 Å². The summed E-state index contributed by atoms with van der Waals surface area (Å²) in [6, 6.07) is 7.45. The maximum absolute atomic E-state index is 13.9. The van der Waals surface area contributed by atoms with E-state index in [1.807, 2.05) is 12.1 Å². The Balaban J connectivity index is 1.96. The van der Waals surface area contributed by atoms with Crippen LogP contribution in [0.15, 0.2) is 48.9 Å². The van der Waals surface area contributed by atoms with Crippen LogP contribution in [0.25, 0.3) is 10.8 Å². The number of halogens is 2. The highest BCUT2D eigenvalue weighted by Crippen LogP contribution is 2.25. The number of nitrogens with one attached hydrogen (secondary N) is 1. The van der Waals surface area contributed by atoms with Crippen LogP contribution in [0.2, 0.25) is 0 Å². The van der Waals surface area contributed by atoms with E-state index in [1.165, 1.54) is 12.3 Å². The van der Waals surface area contributed by atoms with E-state index in [4.69, 9.17) is 0 Å². The molecule has 0 unspecified atom stereocenters. The zero-order valence-corrected chi connectivity index (χ0v) is 10.5. The number of rotatable bonds is 3. The van der Waals surface area contributed by atoms with Crippen LogP contribution in [0.1, 0.15) is 5.56 Å². The Kier molecular flexibility index (Phi) is 3.25. The summed E-state index contributed by atoms with van der Waals surface area (Å²) in [5.41, 5.74) is 0.953. The smallest absolute Gasteiger partial charge is 0.137 e. The van der Waals surface area contributed by atoms with Crippen molar-refractivity contribution in [3.63, 3.8) is 0 Å². The lowest BCUT2D eigenvalue weighted by atomic mass is 10.1. The first kappa shape index (κ1) is 12.5. The van der Waals surface area contributed by atoms with Crippen molar-refractivity contribution in [2.45, 2.75) is 6.54 Å². The van der Waals surface area contributed by atoms with Gasteiger partial charge in [0.05, 0.1) is 5.39 Å². The van der Waals surface area contributed by atoms with Gasteiger partial charge in [-0.1, -0.05) is 6.07 Å². The van der Waals surface area contributed by atoms with Crippen molar-refractivity contribution in [2.24, 2.45) is 0 Å². The van der Waals surface area contributed by atoms with Crippen molar-refractivity contribution >= 4 is 16.6 Å². The Morgan fingerprint density at radius 3 is 2.80 bits per heavy atom. The van der Waals surface area contributed by atoms with E-state index in [1.54, 1.807) is 18.5 Å². The molecule has 0 radical (unpaired) electrons. The monoisotopic (exact) mass is 271 g/mol. The summed E-state index contributed by atoms with van der Waals surface area (Å²) in [5.74, 6) is -0.829. The average Bonchev–Trinajstić information content (AvgIpc) is 2.45. The molecule has 0 saturated heterocycles. The number of nitrogens with zero attached hydrogens (tertiary/aromatic N) is 2. The second-order valence-corrected chi connectivity index (χ2v) is 4.36. The van der Waals surface area contributed by atoms with Gasteiger partial charge in [-0.3, -0.25) is 4.98 Å². The lowest BCUT2D eigenvalue weighted by Gasteiger charge is -2.09. The summed E-state index contributed by atoms with van der Waals surface area (Å²) >= 11 is 0. The molecule has 0 aliphatic carbocycles. The first-order valence-corrected chi connectivity index (χ1v) is 6.10. The Morgan fingerprint density at radius 1 is 1.10 bits per heavy atom. The Morgan fingerprint density at radius 2 is 2.00 bits per heavy atom. The zero-order chi connectivity index (χ0) is 13.9. The van der Waals surface area contributed by atoms with Gasteiger partial charge in [0.2, 0.25) is 0 Å². The maximum atomic E-state index is 13.9. The summed E-state index contributed by atoms with van der Waals surface area (Å²) in [4.78, 5) is 8.12. The highest BCUT2D eigenvalue weighted by molar-refractivity contribution is 5.92. The van der Waals surface area contributed by atoms with Gasteiger partial charge in [-0.05, 0) is 29.1 Å². The molecule has 5 heteroatoms. The number of pyridine rings is 2. The fourth-order valence-corrected chi connectivity index (χ4v) is 2.05. The Labute approximate surface area is 114 Å². The standard InChI is InChI=1S/C15H11F2N3/c16-12-6-11-3-5-19-15(14(11)13(17)7-12)20-9-10-2-1-4-18-8-10/h1-8H,9H2,(H,19,20). The number of fused-ring (bicyclic) bond motifs is 1. The molecule has 100 valence electrons. The molecule has 0 aliphatic heterocycles. The summed E-state index contributed by atoms with van der Waals surface area (Å²) < 4.78 is 27.1. The van der Waals surface area contributed by atoms with Crippen molar-refractivity contribution in [1.82, 2.24) is 9.97 Å². The fraction of sp³-hybridized carbons (Fsp3) is 0.0667. The van der Waals surface area contributed by atoms with Gasteiger partial charge in [-0.15, -0.1) is 0 Å². The van der Waals surface area contributed by atoms with Crippen molar-refractivity contribution in [1.29, 1.82) is 0 Å². The lowest BCUT2D eigenvalue weighted by Crippen LogP contribution is -2.03. The molecule has 1 N–H and O–H groups in total. The predicted molar refractivity (Wildman–Crippen MR) is 73.2 cm³/mol. The predicted octanol–water partition coefficient (Wildman–Crippen LogP) is 3.52. The summed E-state index contributed by atoms with van der Waals surface area (Å²) in [6.07, 6.45) is 4.92. The molecule has 0 aliphatic rings. The molecule has 20 heavy (non-hydrogen) atoms. The third-order valence-electron chi connectivity index (χ3n) is 2.96. The van der Waals surface area contributed by atoms with Crippen molar-refractivity contribution in [3.8, 4) is 0 Å². The molecule has 2 aromatic heterocycles. The molecule has 3 aromatic rings. The minimum absolute atomic E-state index is 0.290. The van der Waals surface area contributed by atoms with Crippen molar-refractivity contribution in [2.75, 3.05) is 5.32 Å². The van der Waals surface area contributed by atoms with Crippen molar-refractivity contribution in [3.05, 3.63) is 66.1 Å². The van der Waals surface area contributed by atoms with Crippen LogP contribution in [0.3, 0.4) is 0 Å². The molecular weight excluding hydrogens is 260 g/mol. The van der Waals surface area contributed by atoms with E-state index in [2.05, 4.69) is 15.3 Å². The Hall–Kier alpha value is -2.56. The van der Waals surface area contributed by atoms with Gasteiger partial charge in [-0.25, -0.2) is 13.8 Å². The molecule has 0 amide bonds. The van der Waals surface area contributed by atoms with Gasteiger partial charge in [0.1, 0.15) is 17.5 Å². The number of hydrogen-bond donors (Lipinski definition) is 1. The van der Waals surface area contributed by atoms with Gasteiger partial charge in [0, 0.05) is 31.2 Å². The summed E-state index contributed by atoms with van der Waals surface area (Å²) in [7, 11) is 0. The van der Waals surface area contributed by atoms with Crippen LogP contribution in [0.5, 0.6) is 0 Å². The zero-order valence-electron chi connectivity index (χ0n) is 10.5. The highest BCUT2D eigenvalue weighted by atomic mass is 19.1. The number of benzene rings is 1. The van der Waals surface area contributed by atoms with Gasteiger partial charge in [0.25, 0.3) is 0 Å². The topological polar surface area (TPSA) is 37.8 Å². The maximum Gasteiger partial charge on any atom is 0.137 e. The van der Waals surface area contributed by atoms with Crippen LogP contribution in [-0.2, 0) is 6.54 Å². The van der Waals surface area contributed by atoms with Crippen LogP contribution < -0.4 is 5.32 Å². The number of hydrogen-bond acceptors (Lipinski definition) is 3. The lowest BCUT2D eigenvalue weighted by molar-refractivity contribution is 0.592. The minimum atomic E-state index is -0.623. The van der Waals surface area contributed by atoms with E-state index in [0.717, 1.165) is 11.6 Å².